The van der Waals surface area contributed by atoms with Gasteiger partial charge >= 0.3 is 0 Å². The number of halogens is 1. The fourth-order valence-corrected chi connectivity index (χ4v) is 7.93. The highest BCUT2D eigenvalue weighted by atomic mass is 35.5. The molecule has 0 aliphatic heterocycles. The van der Waals surface area contributed by atoms with Crippen molar-refractivity contribution in [3.8, 4) is 0 Å². The fourth-order valence-electron chi connectivity index (χ4n) is 6.29. The van der Waals surface area contributed by atoms with Crippen LogP contribution in [-0.2, 0) is 32.6 Å². The lowest BCUT2D eigenvalue weighted by Crippen LogP contribution is -2.55. The first kappa shape index (κ1) is 35.2. The maximum atomic E-state index is 14.8. The van der Waals surface area contributed by atoms with E-state index in [1.165, 1.54) is 0 Å². The van der Waals surface area contributed by atoms with E-state index < -0.39 is 28.5 Å². The van der Waals surface area contributed by atoms with E-state index in [1.807, 2.05) is 68.4 Å². The Labute approximate surface area is 290 Å². The van der Waals surface area contributed by atoms with Gasteiger partial charge in [-0.05, 0) is 80.1 Å². The van der Waals surface area contributed by atoms with Crippen LogP contribution in [0.4, 0.5) is 5.69 Å². The number of rotatable bonds is 12. The van der Waals surface area contributed by atoms with Gasteiger partial charge in [-0.2, -0.15) is 0 Å². The minimum atomic E-state index is -4.22. The molecule has 1 saturated carbocycles. The van der Waals surface area contributed by atoms with Crippen LogP contribution in [0.2, 0.25) is 5.02 Å². The molecule has 4 aromatic carbocycles. The summed E-state index contributed by atoms with van der Waals surface area (Å²) < 4.78 is 29.9. The van der Waals surface area contributed by atoms with Crippen molar-refractivity contribution < 1.29 is 18.0 Å². The number of aryl methyl sites for hydroxylation is 2. The normalized spacial score (nSPS) is 14.2. The first-order valence-electron chi connectivity index (χ1n) is 16.6. The van der Waals surface area contributed by atoms with E-state index >= 15 is 0 Å². The van der Waals surface area contributed by atoms with Crippen molar-refractivity contribution >= 4 is 39.1 Å². The molecule has 1 aliphatic rings. The molecule has 2 amide bonds. The molecule has 1 fully saturated rings. The molecule has 0 radical (unpaired) electrons. The van der Waals surface area contributed by atoms with Gasteiger partial charge < -0.3 is 10.2 Å². The summed E-state index contributed by atoms with van der Waals surface area (Å²) in [6.45, 7) is 5.20. The highest BCUT2D eigenvalue weighted by Gasteiger charge is 2.36. The third-order valence-corrected chi connectivity index (χ3v) is 11.4. The van der Waals surface area contributed by atoms with Crippen LogP contribution >= 0.6 is 11.6 Å². The standard InChI is InChI=1S/C39H44ClN3O4S/c1-28-21-23-34(24-22-28)48(46,47)43(36-20-12-19-35(40)30(36)3)27-38(44)42(26-32-16-11-10-13-29(32)2)37(25-31-14-6-4-7-15-31)39(45)41-33-17-8-5-9-18-33/h4,6-7,10-16,19-24,33,37H,5,8-9,17-18,25-27H2,1-3H3,(H,41,45). The van der Waals surface area contributed by atoms with Gasteiger partial charge in [0.1, 0.15) is 12.6 Å². The number of nitrogens with one attached hydrogen (secondary N) is 1. The Kier molecular flexibility index (Phi) is 11.6. The molecule has 0 aromatic heterocycles. The molecular weight excluding hydrogens is 642 g/mol. The summed E-state index contributed by atoms with van der Waals surface area (Å²) in [5, 5.41) is 3.64. The highest BCUT2D eigenvalue weighted by molar-refractivity contribution is 7.92. The molecule has 1 N–H and O–H groups in total. The third-order valence-electron chi connectivity index (χ3n) is 9.22. The van der Waals surface area contributed by atoms with Gasteiger partial charge in [-0.3, -0.25) is 13.9 Å². The monoisotopic (exact) mass is 685 g/mol. The summed E-state index contributed by atoms with van der Waals surface area (Å²) in [4.78, 5) is 30.7. The van der Waals surface area contributed by atoms with Crippen LogP contribution in [0.25, 0.3) is 0 Å². The second-order valence-electron chi connectivity index (χ2n) is 12.7. The van der Waals surface area contributed by atoms with Crippen LogP contribution in [0.5, 0.6) is 0 Å². The van der Waals surface area contributed by atoms with Crippen LogP contribution in [0.15, 0.2) is 102 Å². The minimum absolute atomic E-state index is 0.0347. The summed E-state index contributed by atoms with van der Waals surface area (Å²) in [5.41, 5.74) is 4.49. The Balaban J connectivity index is 1.59. The molecule has 9 heteroatoms. The second kappa shape index (κ2) is 15.8. The van der Waals surface area contributed by atoms with Crippen LogP contribution < -0.4 is 9.62 Å². The number of anilines is 1. The van der Waals surface area contributed by atoms with E-state index in [9.17, 15) is 18.0 Å². The maximum absolute atomic E-state index is 14.8. The van der Waals surface area contributed by atoms with Gasteiger partial charge in [0.2, 0.25) is 11.8 Å². The lowest BCUT2D eigenvalue weighted by molar-refractivity contribution is -0.140. The molecule has 1 atom stereocenters. The summed E-state index contributed by atoms with van der Waals surface area (Å²) in [6, 6.07) is 28.1. The largest absolute Gasteiger partial charge is 0.352 e. The van der Waals surface area contributed by atoms with Crippen molar-refractivity contribution in [3.05, 3.63) is 130 Å². The highest BCUT2D eigenvalue weighted by Crippen LogP contribution is 2.32. The number of carbonyl (C=O) groups excluding carboxylic acids is 2. The lowest BCUT2D eigenvalue weighted by atomic mass is 9.94. The van der Waals surface area contributed by atoms with Crippen molar-refractivity contribution in [2.24, 2.45) is 0 Å². The topological polar surface area (TPSA) is 86.8 Å². The molecule has 1 unspecified atom stereocenters. The van der Waals surface area contributed by atoms with Gasteiger partial charge in [0.25, 0.3) is 10.0 Å². The number of carbonyl (C=O) groups is 2. The quantitative estimate of drug-likeness (QED) is 0.167. The number of hydrogen-bond acceptors (Lipinski definition) is 4. The fraction of sp³-hybridized carbons (Fsp3) is 0.333. The average molecular weight is 686 g/mol. The summed E-state index contributed by atoms with van der Waals surface area (Å²) in [6.07, 6.45) is 5.30. The molecule has 7 nitrogen and oxygen atoms in total. The molecule has 48 heavy (non-hydrogen) atoms. The second-order valence-corrected chi connectivity index (χ2v) is 15.0. The Morgan fingerprint density at radius 1 is 0.833 bits per heavy atom. The van der Waals surface area contributed by atoms with Crippen molar-refractivity contribution in [1.82, 2.24) is 10.2 Å². The Hall–Kier alpha value is -4.14. The first-order chi connectivity index (χ1) is 23.0. The Morgan fingerprint density at radius 3 is 2.19 bits per heavy atom. The molecule has 0 heterocycles. The van der Waals surface area contributed by atoms with Gasteiger partial charge in [-0.15, -0.1) is 0 Å². The predicted octanol–water partition coefficient (Wildman–Crippen LogP) is 7.55. The van der Waals surface area contributed by atoms with Crippen molar-refractivity contribution in [1.29, 1.82) is 0 Å². The van der Waals surface area contributed by atoms with Gasteiger partial charge in [0, 0.05) is 24.0 Å². The number of sulfonamides is 1. The average Bonchev–Trinajstić information content (AvgIpc) is 3.08. The van der Waals surface area contributed by atoms with Crippen molar-refractivity contribution in [3.63, 3.8) is 0 Å². The lowest BCUT2D eigenvalue weighted by Gasteiger charge is -2.35. The van der Waals surface area contributed by atoms with Crippen molar-refractivity contribution in [2.75, 3.05) is 10.8 Å². The van der Waals surface area contributed by atoms with E-state index in [1.54, 1.807) is 54.3 Å². The zero-order chi connectivity index (χ0) is 34.3. The molecule has 0 bridgehead atoms. The van der Waals surface area contributed by atoms with Crippen molar-refractivity contribution in [2.45, 2.75) is 82.8 Å². The number of benzene rings is 4. The van der Waals surface area contributed by atoms with Gasteiger partial charge in [0.15, 0.2) is 0 Å². The number of amides is 2. The molecule has 4 aromatic rings. The van der Waals surface area contributed by atoms with Crippen LogP contribution in [-0.4, -0.2) is 43.8 Å². The van der Waals surface area contributed by atoms with Gasteiger partial charge in [0.05, 0.1) is 10.6 Å². The minimum Gasteiger partial charge on any atom is -0.352 e. The maximum Gasteiger partial charge on any atom is 0.264 e. The summed E-state index contributed by atoms with van der Waals surface area (Å²) >= 11 is 6.50. The first-order valence-corrected chi connectivity index (χ1v) is 18.4. The molecule has 0 spiro atoms. The van der Waals surface area contributed by atoms with Crippen LogP contribution in [0.3, 0.4) is 0 Å². The van der Waals surface area contributed by atoms with Gasteiger partial charge in [-0.25, -0.2) is 8.42 Å². The zero-order valence-corrected chi connectivity index (χ0v) is 29.4. The summed E-state index contributed by atoms with van der Waals surface area (Å²) in [5.74, 6) is -0.729. The smallest absolute Gasteiger partial charge is 0.264 e. The SMILES string of the molecule is Cc1ccc(S(=O)(=O)N(CC(=O)N(Cc2ccccc2C)C(Cc2ccccc2)C(=O)NC2CCCCC2)c2cccc(Cl)c2C)cc1. The van der Waals surface area contributed by atoms with E-state index in [2.05, 4.69) is 5.32 Å². The van der Waals surface area contributed by atoms with E-state index in [-0.39, 0.29) is 29.8 Å². The molecule has 0 saturated heterocycles. The summed E-state index contributed by atoms with van der Waals surface area (Å²) in [7, 11) is -4.22. The predicted molar refractivity (Wildman–Crippen MR) is 193 cm³/mol. The molecule has 1 aliphatic carbocycles. The molecule has 5 rings (SSSR count). The Morgan fingerprint density at radius 2 is 1.50 bits per heavy atom. The zero-order valence-electron chi connectivity index (χ0n) is 27.9. The third kappa shape index (κ3) is 8.47. The van der Waals surface area contributed by atoms with E-state index in [0.717, 1.165) is 58.7 Å². The van der Waals surface area contributed by atoms with E-state index in [0.29, 0.717) is 16.3 Å². The molecule has 252 valence electrons. The van der Waals surface area contributed by atoms with E-state index in [4.69, 9.17) is 11.6 Å². The number of nitrogens with zero attached hydrogens (tertiary/aromatic N) is 2. The Bertz CT molecular complexity index is 1820. The van der Waals surface area contributed by atoms with Crippen LogP contribution in [0.1, 0.15) is 59.9 Å². The molecular formula is C39H44ClN3O4S. The number of hydrogen-bond donors (Lipinski definition) is 1. The van der Waals surface area contributed by atoms with Gasteiger partial charge in [-0.1, -0.05) is 109 Å². The van der Waals surface area contributed by atoms with Crippen LogP contribution in [0, 0.1) is 20.8 Å².